The summed E-state index contributed by atoms with van der Waals surface area (Å²) in [5, 5.41) is 10.5. The molecule has 0 saturated heterocycles. The molecule has 1 N–H and O–H groups in total. The van der Waals surface area contributed by atoms with Crippen molar-refractivity contribution in [3.63, 3.8) is 0 Å². The van der Waals surface area contributed by atoms with Gasteiger partial charge in [0, 0.05) is 0 Å². The van der Waals surface area contributed by atoms with E-state index in [1.54, 1.807) is 6.08 Å². The predicted octanol–water partition coefficient (Wildman–Crippen LogP) is 3.29. The molecular formula is C18H18O3. The number of aliphatic hydroxyl groups is 1. The number of carbonyl (C=O) groups excluding carboxylic acids is 1. The summed E-state index contributed by atoms with van der Waals surface area (Å²) in [6.07, 6.45) is 0.634. The molecule has 0 spiro atoms. The molecule has 0 amide bonds. The second-order valence-corrected chi connectivity index (χ2v) is 4.82. The van der Waals surface area contributed by atoms with Crippen LogP contribution in [0.5, 0.6) is 0 Å². The summed E-state index contributed by atoms with van der Waals surface area (Å²) < 4.78 is 4.78. The number of aliphatic hydroxyl groups excluding tert-OH is 1. The molecule has 0 heterocycles. The molecule has 0 aliphatic carbocycles. The van der Waals surface area contributed by atoms with E-state index in [0.29, 0.717) is 5.56 Å². The number of ether oxygens (including phenoxy) is 1. The van der Waals surface area contributed by atoms with Gasteiger partial charge in [-0.25, -0.2) is 4.79 Å². The van der Waals surface area contributed by atoms with Crippen molar-refractivity contribution in [1.82, 2.24) is 0 Å². The van der Waals surface area contributed by atoms with Crippen molar-refractivity contribution in [2.24, 2.45) is 0 Å². The highest BCUT2D eigenvalue weighted by Crippen LogP contribution is 2.25. The third-order valence-electron chi connectivity index (χ3n) is 3.23. The number of hydrogen-bond donors (Lipinski definition) is 1. The normalized spacial score (nSPS) is 12.8. The zero-order chi connectivity index (χ0) is 15.2. The molecule has 2 rings (SSSR count). The van der Waals surface area contributed by atoms with Gasteiger partial charge in [0.05, 0.1) is 12.7 Å². The minimum absolute atomic E-state index is 0.215. The number of benzene rings is 2. The molecule has 0 aliphatic rings. The quantitative estimate of drug-likeness (QED) is 0.691. The number of esters is 1. The zero-order valence-corrected chi connectivity index (χ0v) is 12.1. The van der Waals surface area contributed by atoms with Crippen molar-refractivity contribution >= 4 is 12.0 Å². The molecule has 3 nitrogen and oxygen atoms in total. The van der Waals surface area contributed by atoms with Gasteiger partial charge in [0.1, 0.15) is 6.10 Å². The zero-order valence-electron chi connectivity index (χ0n) is 12.1. The highest BCUT2D eigenvalue weighted by Gasteiger charge is 2.21. The van der Waals surface area contributed by atoms with Crippen molar-refractivity contribution < 1.29 is 14.6 Å². The van der Waals surface area contributed by atoms with Gasteiger partial charge in [-0.05, 0) is 24.1 Å². The molecule has 1 atom stereocenters. The first-order valence-electron chi connectivity index (χ1n) is 6.71. The van der Waals surface area contributed by atoms with Crippen molar-refractivity contribution in [3.8, 4) is 0 Å². The van der Waals surface area contributed by atoms with E-state index < -0.39 is 12.1 Å². The van der Waals surface area contributed by atoms with E-state index in [9.17, 15) is 9.90 Å². The lowest BCUT2D eigenvalue weighted by atomic mass is 9.98. The molecule has 108 valence electrons. The van der Waals surface area contributed by atoms with Gasteiger partial charge >= 0.3 is 5.97 Å². The number of methoxy groups -OCH3 is 1. The molecular weight excluding hydrogens is 264 g/mol. The summed E-state index contributed by atoms with van der Waals surface area (Å²) >= 11 is 0. The molecule has 21 heavy (non-hydrogen) atoms. The first kappa shape index (κ1) is 15.0. The van der Waals surface area contributed by atoms with Gasteiger partial charge in [0.25, 0.3) is 0 Å². The maximum atomic E-state index is 11.9. The summed E-state index contributed by atoms with van der Waals surface area (Å²) in [5.41, 5.74) is 2.81. The van der Waals surface area contributed by atoms with Gasteiger partial charge in [-0.1, -0.05) is 60.2 Å². The van der Waals surface area contributed by atoms with E-state index in [1.807, 2.05) is 61.5 Å². The standard InChI is InChI=1S/C18H18O3/c1-13-8-10-15(11-9-13)17(19)16(18(20)21-2)12-14-6-4-3-5-7-14/h3-12,17,19H,1-2H3/b16-12-. The van der Waals surface area contributed by atoms with Crippen LogP contribution in [0.1, 0.15) is 22.8 Å². The summed E-state index contributed by atoms with van der Waals surface area (Å²) in [7, 11) is 1.31. The largest absolute Gasteiger partial charge is 0.466 e. The Hall–Kier alpha value is -2.39. The fourth-order valence-corrected chi connectivity index (χ4v) is 2.02. The van der Waals surface area contributed by atoms with Gasteiger partial charge in [-0.3, -0.25) is 0 Å². The van der Waals surface area contributed by atoms with Crippen LogP contribution in [0.15, 0.2) is 60.2 Å². The van der Waals surface area contributed by atoms with Crippen molar-refractivity contribution in [1.29, 1.82) is 0 Å². The molecule has 0 radical (unpaired) electrons. The molecule has 0 bridgehead atoms. The smallest absolute Gasteiger partial charge is 0.336 e. The summed E-state index contributed by atoms with van der Waals surface area (Å²) in [5.74, 6) is -0.535. The monoisotopic (exact) mass is 282 g/mol. The lowest BCUT2D eigenvalue weighted by molar-refractivity contribution is -0.137. The highest BCUT2D eigenvalue weighted by molar-refractivity contribution is 5.94. The van der Waals surface area contributed by atoms with Crippen LogP contribution in [0.2, 0.25) is 0 Å². The molecule has 1 unspecified atom stereocenters. The Morgan fingerprint density at radius 3 is 2.29 bits per heavy atom. The lowest BCUT2D eigenvalue weighted by Crippen LogP contribution is -2.13. The van der Waals surface area contributed by atoms with E-state index in [1.165, 1.54) is 7.11 Å². The average molecular weight is 282 g/mol. The Balaban J connectivity index is 2.38. The Morgan fingerprint density at radius 2 is 1.71 bits per heavy atom. The summed E-state index contributed by atoms with van der Waals surface area (Å²) in [6, 6.07) is 16.8. The predicted molar refractivity (Wildman–Crippen MR) is 82.6 cm³/mol. The molecule has 2 aromatic carbocycles. The van der Waals surface area contributed by atoms with E-state index in [4.69, 9.17) is 4.74 Å². The molecule has 0 fully saturated rings. The van der Waals surface area contributed by atoms with Gasteiger partial charge in [0.2, 0.25) is 0 Å². The van der Waals surface area contributed by atoms with Crippen LogP contribution in [0.4, 0.5) is 0 Å². The van der Waals surface area contributed by atoms with E-state index >= 15 is 0 Å². The molecule has 0 aliphatic heterocycles. The molecule has 2 aromatic rings. The Labute approximate surface area is 124 Å². The Kier molecular flexibility index (Phi) is 4.90. The van der Waals surface area contributed by atoms with Gasteiger partial charge < -0.3 is 9.84 Å². The lowest BCUT2D eigenvalue weighted by Gasteiger charge is -2.14. The van der Waals surface area contributed by atoms with Crippen LogP contribution in [0.3, 0.4) is 0 Å². The third kappa shape index (κ3) is 3.80. The maximum Gasteiger partial charge on any atom is 0.336 e. The fourth-order valence-electron chi connectivity index (χ4n) is 2.02. The fraction of sp³-hybridized carbons (Fsp3) is 0.167. The first-order valence-corrected chi connectivity index (χ1v) is 6.71. The number of carbonyl (C=O) groups is 1. The summed E-state index contributed by atoms with van der Waals surface area (Å²) in [4.78, 5) is 11.9. The highest BCUT2D eigenvalue weighted by atomic mass is 16.5. The first-order chi connectivity index (χ1) is 10.1. The van der Waals surface area contributed by atoms with Crippen LogP contribution in [0.25, 0.3) is 6.08 Å². The Morgan fingerprint density at radius 1 is 1.10 bits per heavy atom. The van der Waals surface area contributed by atoms with Crippen molar-refractivity contribution in [3.05, 3.63) is 76.9 Å². The van der Waals surface area contributed by atoms with Crippen molar-refractivity contribution in [2.75, 3.05) is 7.11 Å². The second-order valence-electron chi connectivity index (χ2n) is 4.82. The van der Waals surface area contributed by atoms with Crippen LogP contribution < -0.4 is 0 Å². The number of hydrogen-bond acceptors (Lipinski definition) is 3. The minimum atomic E-state index is -1.02. The molecule has 0 aromatic heterocycles. The minimum Gasteiger partial charge on any atom is -0.466 e. The van der Waals surface area contributed by atoms with Gasteiger partial charge in [0.15, 0.2) is 0 Å². The van der Waals surface area contributed by atoms with E-state index in [-0.39, 0.29) is 5.57 Å². The third-order valence-corrected chi connectivity index (χ3v) is 3.23. The Bertz CT molecular complexity index is 627. The van der Waals surface area contributed by atoms with Crippen LogP contribution in [0, 0.1) is 6.92 Å². The number of aryl methyl sites for hydroxylation is 1. The van der Waals surface area contributed by atoms with Crippen LogP contribution in [-0.4, -0.2) is 18.2 Å². The van der Waals surface area contributed by atoms with Crippen LogP contribution >= 0.6 is 0 Å². The maximum absolute atomic E-state index is 11.9. The SMILES string of the molecule is COC(=O)/C(=C\c1ccccc1)C(O)c1ccc(C)cc1. The summed E-state index contributed by atoms with van der Waals surface area (Å²) in [6.45, 7) is 1.97. The molecule has 0 saturated carbocycles. The average Bonchev–Trinajstić information content (AvgIpc) is 2.53. The molecule has 3 heteroatoms. The topological polar surface area (TPSA) is 46.5 Å². The van der Waals surface area contributed by atoms with Gasteiger partial charge in [-0.2, -0.15) is 0 Å². The number of rotatable bonds is 4. The van der Waals surface area contributed by atoms with E-state index in [2.05, 4.69) is 0 Å². The second kappa shape index (κ2) is 6.86. The van der Waals surface area contributed by atoms with Crippen molar-refractivity contribution in [2.45, 2.75) is 13.0 Å². The van der Waals surface area contributed by atoms with Crippen LogP contribution in [-0.2, 0) is 9.53 Å². The van der Waals surface area contributed by atoms with Gasteiger partial charge in [-0.15, -0.1) is 0 Å². The van der Waals surface area contributed by atoms with E-state index in [0.717, 1.165) is 11.1 Å².